The molecule has 1 amide bonds. The number of aromatic carboxylic acids is 1. The third-order valence-electron chi connectivity index (χ3n) is 6.76. The number of hydrogen-bond acceptors (Lipinski definition) is 4. The molecule has 1 atom stereocenters. The van der Waals surface area contributed by atoms with Crippen LogP contribution in [-0.4, -0.2) is 46.8 Å². The lowest BCUT2D eigenvalue weighted by atomic mass is 9.70. The number of benzene rings is 2. The summed E-state index contributed by atoms with van der Waals surface area (Å²) >= 11 is 0. The summed E-state index contributed by atoms with van der Waals surface area (Å²) in [6, 6.07) is 13.2. The van der Waals surface area contributed by atoms with E-state index in [0.29, 0.717) is 32.1 Å². The van der Waals surface area contributed by atoms with Crippen LogP contribution in [0, 0.1) is 5.41 Å². The van der Waals surface area contributed by atoms with Crippen molar-refractivity contribution >= 4 is 28.9 Å². The number of ether oxygens (including phenoxy) is 1. The van der Waals surface area contributed by atoms with Crippen molar-refractivity contribution in [2.24, 2.45) is 5.41 Å². The van der Waals surface area contributed by atoms with Crippen LogP contribution in [0.3, 0.4) is 0 Å². The highest BCUT2D eigenvalue weighted by atomic mass is 16.5. The van der Waals surface area contributed by atoms with Gasteiger partial charge in [0.05, 0.1) is 28.6 Å². The van der Waals surface area contributed by atoms with Crippen molar-refractivity contribution in [1.29, 1.82) is 0 Å². The minimum Gasteiger partial charge on any atom is -0.478 e. The molecular formula is C24H25N3O4. The van der Waals surface area contributed by atoms with Crippen LogP contribution in [-0.2, 0) is 28.9 Å². The van der Waals surface area contributed by atoms with E-state index in [9.17, 15) is 14.7 Å². The molecule has 0 radical (unpaired) electrons. The number of carbonyl (C=O) groups is 2. The Bertz CT molecular complexity index is 1180. The van der Waals surface area contributed by atoms with Gasteiger partial charge in [0.1, 0.15) is 0 Å². The molecule has 2 heterocycles. The molecule has 0 saturated carbocycles. The Kier molecular flexibility index (Phi) is 4.78. The molecular weight excluding hydrogens is 394 g/mol. The summed E-state index contributed by atoms with van der Waals surface area (Å²) in [5, 5.41) is 9.36. The largest absolute Gasteiger partial charge is 0.478 e. The Morgan fingerprint density at radius 3 is 2.84 bits per heavy atom. The molecule has 31 heavy (non-hydrogen) atoms. The Morgan fingerprint density at radius 1 is 1.19 bits per heavy atom. The van der Waals surface area contributed by atoms with Gasteiger partial charge in [-0.3, -0.25) is 9.69 Å². The van der Waals surface area contributed by atoms with E-state index in [-0.39, 0.29) is 11.5 Å². The number of hydrogen-bond donors (Lipinski definition) is 1. The number of nitrogens with zero attached hydrogens (tertiary/aromatic N) is 3. The van der Waals surface area contributed by atoms with Crippen LogP contribution in [0.2, 0.25) is 0 Å². The molecule has 0 unspecified atom stereocenters. The van der Waals surface area contributed by atoms with E-state index in [1.54, 1.807) is 19.2 Å². The molecule has 160 valence electrons. The van der Waals surface area contributed by atoms with Gasteiger partial charge in [0.25, 0.3) is 0 Å². The fourth-order valence-corrected chi connectivity index (χ4v) is 5.07. The van der Waals surface area contributed by atoms with Crippen LogP contribution in [0.15, 0.2) is 42.5 Å². The molecule has 1 saturated heterocycles. The van der Waals surface area contributed by atoms with Crippen molar-refractivity contribution in [3.63, 3.8) is 0 Å². The first-order chi connectivity index (χ1) is 15.0. The summed E-state index contributed by atoms with van der Waals surface area (Å²) < 4.78 is 7.35. The third kappa shape index (κ3) is 3.20. The van der Waals surface area contributed by atoms with Crippen LogP contribution < -0.4 is 4.90 Å². The molecule has 1 aliphatic carbocycles. The van der Waals surface area contributed by atoms with Gasteiger partial charge < -0.3 is 14.4 Å². The van der Waals surface area contributed by atoms with Gasteiger partial charge in [-0.2, -0.15) is 0 Å². The average molecular weight is 419 g/mol. The lowest BCUT2D eigenvalue weighted by molar-refractivity contribution is -0.126. The summed E-state index contributed by atoms with van der Waals surface area (Å²) in [6.07, 6.45) is 2.89. The molecule has 5 rings (SSSR count). The number of aromatic nitrogens is 2. The Labute approximate surface area is 180 Å². The summed E-state index contributed by atoms with van der Waals surface area (Å²) in [5.41, 5.74) is 3.77. The van der Waals surface area contributed by atoms with E-state index in [0.717, 1.165) is 41.4 Å². The number of methoxy groups -OCH3 is 1. The lowest BCUT2D eigenvalue weighted by Crippen LogP contribution is -2.39. The molecule has 0 bridgehead atoms. The summed E-state index contributed by atoms with van der Waals surface area (Å²) in [7, 11) is 1.67. The molecule has 1 fully saturated rings. The topological polar surface area (TPSA) is 84.7 Å². The third-order valence-corrected chi connectivity index (χ3v) is 6.76. The molecule has 1 aliphatic heterocycles. The molecule has 1 N–H and O–H groups in total. The van der Waals surface area contributed by atoms with Gasteiger partial charge in [0.15, 0.2) is 0 Å². The van der Waals surface area contributed by atoms with Crippen LogP contribution in [0.5, 0.6) is 0 Å². The normalized spacial score (nSPS) is 20.5. The maximum Gasteiger partial charge on any atom is 0.335 e. The quantitative estimate of drug-likeness (QED) is 0.686. The van der Waals surface area contributed by atoms with E-state index < -0.39 is 11.4 Å². The number of anilines is 1. The Balaban J connectivity index is 1.49. The van der Waals surface area contributed by atoms with Gasteiger partial charge in [-0.25, -0.2) is 9.78 Å². The second-order valence-corrected chi connectivity index (χ2v) is 8.50. The van der Waals surface area contributed by atoms with E-state index in [4.69, 9.17) is 9.72 Å². The van der Waals surface area contributed by atoms with Crippen molar-refractivity contribution in [2.45, 2.75) is 32.2 Å². The zero-order valence-electron chi connectivity index (χ0n) is 17.5. The molecule has 1 spiro atoms. The standard InChI is InChI=1S/C24H25N3O4/c1-31-13-12-26-20-5-3-2-4-19(20)25-23(26)27-11-10-24(22(27)30)9-8-16-6-7-17(21(28)29)14-18(16)15-24/h2-7,14H,8-13,15H2,1H3,(H,28,29)/t24-/m0/s1. The van der Waals surface area contributed by atoms with Crippen LogP contribution >= 0.6 is 0 Å². The smallest absolute Gasteiger partial charge is 0.335 e. The lowest BCUT2D eigenvalue weighted by Gasteiger charge is -2.33. The van der Waals surface area contributed by atoms with Crippen molar-refractivity contribution < 1.29 is 19.4 Å². The highest BCUT2D eigenvalue weighted by Crippen LogP contribution is 2.45. The van der Waals surface area contributed by atoms with Gasteiger partial charge in [-0.05, 0) is 61.1 Å². The predicted octanol–water partition coefficient (Wildman–Crippen LogP) is 3.29. The molecule has 3 aromatic rings. The van der Waals surface area contributed by atoms with Gasteiger partial charge in [0.2, 0.25) is 11.9 Å². The van der Waals surface area contributed by atoms with Crippen molar-refractivity contribution in [3.8, 4) is 0 Å². The highest BCUT2D eigenvalue weighted by molar-refractivity contribution is 6.00. The average Bonchev–Trinajstić information content (AvgIpc) is 3.29. The minimum absolute atomic E-state index is 0.0906. The first kappa shape index (κ1) is 19.8. The van der Waals surface area contributed by atoms with Crippen molar-refractivity contribution in [2.75, 3.05) is 25.2 Å². The number of carbonyl (C=O) groups excluding carboxylic acids is 1. The maximum absolute atomic E-state index is 13.7. The molecule has 2 aliphatic rings. The monoisotopic (exact) mass is 419 g/mol. The van der Waals surface area contributed by atoms with E-state index in [1.807, 2.05) is 35.2 Å². The van der Waals surface area contributed by atoms with Crippen LogP contribution in [0.25, 0.3) is 11.0 Å². The number of para-hydroxylation sites is 2. The minimum atomic E-state index is -0.936. The first-order valence-electron chi connectivity index (χ1n) is 10.6. The molecule has 2 aromatic carbocycles. The zero-order valence-corrected chi connectivity index (χ0v) is 17.5. The number of carboxylic acids is 1. The molecule has 1 aromatic heterocycles. The number of rotatable bonds is 5. The fraction of sp³-hybridized carbons (Fsp3) is 0.375. The van der Waals surface area contributed by atoms with E-state index >= 15 is 0 Å². The van der Waals surface area contributed by atoms with E-state index in [2.05, 4.69) is 4.57 Å². The van der Waals surface area contributed by atoms with Crippen LogP contribution in [0.1, 0.15) is 34.3 Å². The number of carboxylic acid groups (broad SMARTS) is 1. The molecule has 7 heteroatoms. The summed E-state index contributed by atoms with van der Waals surface area (Å²) in [5.74, 6) is -0.174. The highest BCUT2D eigenvalue weighted by Gasteiger charge is 2.49. The van der Waals surface area contributed by atoms with Gasteiger partial charge >= 0.3 is 5.97 Å². The number of fused-ring (bicyclic) bond motifs is 2. The van der Waals surface area contributed by atoms with Gasteiger partial charge in [0, 0.05) is 20.2 Å². The summed E-state index contributed by atoms with van der Waals surface area (Å²) in [6.45, 7) is 1.77. The zero-order chi connectivity index (χ0) is 21.6. The first-order valence-corrected chi connectivity index (χ1v) is 10.6. The summed E-state index contributed by atoms with van der Waals surface area (Å²) in [4.78, 5) is 31.8. The number of amides is 1. The maximum atomic E-state index is 13.7. The van der Waals surface area contributed by atoms with E-state index in [1.165, 1.54) is 0 Å². The van der Waals surface area contributed by atoms with Gasteiger partial charge in [-0.1, -0.05) is 18.2 Å². The van der Waals surface area contributed by atoms with Crippen molar-refractivity contribution in [1.82, 2.24) is 9.55 Å². The SMILES string of the molecule is COCCn1c(N2CC[C@]3(CCc4ccc(C(=O)O)cc4C3)C2=O)nc2ccccc21. The fourth-order valence-electron chi connectivity index (χ4n) is 5.07. The second kappa shape index (κ2) is 7.50. The Hall–Kier alpha value is -3.19. The van der Waals surface area contributed by atoms with Crippen LogP contribution in [0.4, 0.5) is 5.95 Å². The van der Waals surface area contributed by atoms with Crippen molar-refractivity contribution in [3.05, 3.63) is 59.2 Å². The Morgan fingerprint density at radius 2 is 2.03 bits per heavy atom. The predicted molar refractivity (Wildman–Crippen MR) is 116 cm³/mol. The van der Waals surface area contributed by atoms with Gasteiger partial charge in [-0.15, -0.1) is 0 Å². The number of imidazole rings is 1. The molecule has 7 nitrogen and oxygen atoms in total. The second-order valence-electron chi connectivity index (χ2n) is 8.50. The number of aryl methyl sites for hydroxylation is 1.